The van der Waals surface area contributed by atoms with E-state index in [2.05, 4.69) is 26.6 Å². The van der Waals surface area contributed by atoms with E-state index < -0.39 is 4.92 Å². The van der Waals surface area contributed by atoms with Gasteiger partial charge in [-0.1, -0.05) is 6.92 Å². The minimum atomic E-state index is -0.462. The van der Waals surface area contributed by atoms with Gasteiger partial charge >= 0.3 is 0 Å². The van der Waals surface area contributed by atoms with Crippen molar-refractivity contribution >= 4 is 33.2 Å². The summed E-state index contributed by atoms with van der Waals surface area (Å²) in [5, 5.41) is 16.9. The lowest BCUT2D eigenvalue weighted by Gasteiger charge is -2.35. The van der Waals surface area contributed by atoms with Crippen LogP contribution in [0.3, 0.4) is 0 Å². The van der Waals surface area contributed by atoms with Crippen molar-refractivity contribution in [3.63, 3.8) is 0 Å². The van der Waals surface area contributed by atoms with Crippen molar-refractivity contribution in [1.29, 1.82) is 0 Å². The summed E-state index contributed by atoms with van der Waals surface area (Å²) in [4.78, 5) is 22.9. The van der Waals surface area contributed by atoms with Crippen LogP contribution in [0.1, 0.15) is 26.2 Å². The van der Waals surface area contributed by atoms with E-state index in [0.717, 1.165) is 32.4 Å². The van der Waals surface area contributed by atoms with Crippen molar-refractivity contribution in [3.8, 4) is 0 Å². The Morgan fingerprint density at radius 1 is 1.48 bits per heavy atom. The maximum Gasteiger partial charge on any atom is 0.283 e. The predicted octanol–water partition coefficient (Wildman–Crippen LogP) is 3.08. The van der Waals surface area contributed by atoms with E-state index in [-0.39, 0.29) is 17.0 Å². The van der Waals surface area contributed by atoms with Gasteiger partial charge in [-0.3, -0.25) is 14.9 Å². The van der Waals surface area contributed by atoms with Crippen LogP contribution in [0.2, 0.25) is 0 Å². The number of hydrogen-bond acceptors (Lipinski definition) is 4. The number of amides is 1. The van der Waals surface area contributed by atoms with Crippen LogP contribution in [0.4, 0.5) is 11.4 Å². The SMILES string of the molecule is CCC1(C(=O)Nc2ccc([N+](=O)[O-])c(Br)c2)CCNCC1. The molecule has 1 aliphatic heterocycles. The molecule has 0 radical (unpaired) electrons. The lowest BCUT2D eigenvalue weighted by atomic mass is 9.76. The second-order valence-corrected chi connectivity index (χ2v) is 6.12. The van der Waals surface area contributed by atoms with E-state index in [1.165, 1.54) is 6.07 Å². The number of carbonyl (C=O) groups is 1. The van der Waals surface area contributed by atoms with Crippen LogP contribution in [0, 0.1) is 15.5 Å². The van der Waals surface area contributed by atoms with Gasteiger partial charge in [0.1, 0.15) is 0 Å². The van der Waals surface area contributed by atoms with Gasteiger partial charge in [-0.2, -0.15) is 0 Å². The Balaban J connectivity index is 2.15. The summed E-state index contributed by atoms with van der Waals surface area (Å²) in [7, 11) is 0. The van der Waals surface area contributed by atoms with Crippen molar-refractivity contribution in [2.75, 3.05) is 18.4 Å². The fourth-order valence-corrected chi connectivity index (χ4v) is 3.17. The molecule has 6 nitrogen and oxygen atoms in total. The molecule has 1 aromatic carbocycles. The number of carbonyl (C=O) groups excluding carboxylic acids is 1. The van der Waals surface area contributed by atoms with Crippen molar-refractivity contribution in [2.24, 2.45) is 5.41 Å². The first-order valence-corrected chi connectivity index (χ1v) is 7.74. The number of anilines is 1. The molecule has 0 aliphatic carbocycles. The number of benzene rings is 1. The minimum Gasteiger partial charge on any atom is -0.326 e. The maximum absolute atomic E-state index is 12.6. The summed E-state index contributed by atoms with van der Waals surface area (Å²) in [6, 6.07) is 4.52. The molecular weight excluding hydrogens is 338 g/mol. The molecule has 0 unspecified atom stereocenters. The molecule has 114 valence electrons. The molecule has 1 saturated heterocycles. The Labute approximate surface area is 131 Å². The largest absolute Gasteiger partial charge is 0.326 e. The summed E-state index contributed by atoms with van der Waals surface area (Å²) in [6.45, 7) is 3.70. The molecule has 1 heterocycles. The Hall–Kier alpha value is -1.47. The van der Waals surface area contributed by atoms with Crippen LogP contribution in [0.5, 0.6) is 0 Å². The summed E-state index contributed by atoms with van der Waals surface area (Å²) in [6.07, 6.45) is 2.40. The van der Waals surface area contributed by atoms with Crippen LogP contribution in [0.25, 0.3) is 0 Å². The van der Waals surface area contributed by atoms with E-state index in [1.807, 2.05) is 6.92 Å². The highest BCUT2D eigenvalue weighted by atomic mass is 79.9. The number of piperidine rings is 1. The third-order valence-corrected chi connectivity index (χ3v) is 4.76. The second-order valence-electron chi connectivity index (χ2n) is 5.26. The molecule has 2 N–H and O–H groups in total. The molecule has 21 heavy (non-hydrogen) atoms. The number of nitro groups is 1. The Morgan fingerprint density at radius 2 is 2.14 bits per heavy atom. The number of nitro benzene ring substituents is 1. The highest BCUT2D eigenvalue weighted by molar-refractivity contribution is 9.10. The highest BCUT2D eigenvalue weighted by Gasteiger charge is 2.37. The van der Waals surface area contributed by atoms with E-state index in [4.69, 9.17) is 0 Å². The van der Waals surface area contributed by atoms with Crippen molar-refractivity contribution in [2.45, 2.75) is 26.2 Å². The minimum absolute atomic E-state index is 0.00717. The smallest absolute Gasteiger partial charge is 0.283 e. The normalized spacial score (nSPS) is 17.2. The third-order valence-electron chi connectivity index (χ3n) is 4.12. The van der Waals surface area contributed by atoms with Crippen LogP contribution in [-0.4, -0.2) is 23.9 Å². The van der Waals surface area contributed by atoms with Gasteiger partial charge < -0.3 is 10.6 Å². The average Bonchev–Trinajstić information content (AvgIpc) is 2.47. The molecule has 0 spiro atoms. The summed E-state index contributed by atoms with van der Waals surface area (Å²) >= 11 is 3.16. The van der Waals surface area contributed by atoms with Gasteiger partial charge in [-0.15, -0.1) is 0 Å². The Kier molecular flexibility index (Phi) is 4.95. The van der Waals surface area contributed by atoms with Crippen molar-refractivity contribution < 1.29 is 9.72 Å². The topological polar surface area (TPSA) is 84.3 Å². The monoisotopic (exact) mass is 355 g/mol. The van der Waals surface area contributed by atoms with Gasteiger partial charge in [0.15, 0.2) is 0 Å². The zero-order valence-electron chi connectivity index (χ0n) is 11.8. The van der Waals surface area contributed by atoms with Gasteiger partial charge in [0.2, 0.25) is 5.91 Å². The number of halogens is 1. The van der Waals surface area contributed by atoms with Crippen LogP contribution < -0.4 is 10.6 Å². The van der Waals surface area contributed by atoms with Crippen molar-refractivity contribution in [1.82, 2.24) is 5.32 Å². The van der Waals surface area contributed by atoms with E-state index in [1.54, 1.807) is 12.1 Å². The maximum atomic E-state index is 12.6. The van der Waals surface area contributed by atoms with Crippen LogP contribution in [-0.2, 0) is 4.79 Å². The molecule has 1 aliphatic rings. The first kappa shape index (κ1) is 15.9. The van der Waals surface area contributed by atoms with E-state index in [0.29, 0.717) is 10.2 Å². The number of nitrogens with one attached hydrogen (secondary N) is 2. The molecule has 0 atom stereocenters. The van der Waals surface area contributed by atoms with Crippen LogP contribution >= 0.6 is 15.9 Å². The second kappa shape index (κ2) is 6.53. The molecular formula is C14H18BrN3O3. The molecule has 1 amide bonds. The van der Waals surface area contributed by atoms with E-state index in [9.17, 15) is 14.9 Å². The van der Waals surface area contributed by atoms with Gasteiger partial charge in [0.25, 0.3) is 5.69 Å². The molecule has 0 bridgehead atoms. The first-order valence-electron chi connectivity index (χ1n) is 6.94. The average molecular weight is 356 g/mol. The van der Waals surface area contributed by atoms with Crippen molar-refractivity contribution in [3.05, 3.63) is 32.8 Å². The van der Waals surface area contributed by atoms with E-state index >= 15 is 0 Å². The lowest BCUT2D eigenvalue weighted by molar-refractivity contribution is -0.385. The molecule has 2 rings (SSSR count). The number of rotatable bonds is 4. The fourth-order valence-electron chi connectivity index (χ4n) is 2.64. The highest BCUT2D eigenvalue weighted by Crippen LogP contribution is 2.35. The Bertz CT molecular complexity index is 556. The molecule has 0 saturated carbocycles. The summed E-state index contributed by atoms with van der Waals surface area (Å²) in [5.74, 6) is -0.00717. The van der Waals surface area contributed by atoms with Gasteiger partial charge in [-0.25, -0.2) is 0 Å². The quantitative estimate of drug-likeness (QED) is 0.641. The summed E-state index contributed by atoms with van der Waals surface area (Å²) < 4.78 is 0.362. The van der Waals surface area contributed by atoms with Gasteiger partial charge in [-0.05, 0) is 60.4 Å². The summed E-state index contributed by atoms with van der Waals surface area (Å²) in [5.41, 5.74) is 0.211. The third kappa shape index (κ3) is 3.41. The predicted molar refractivity (Wildman–Crippen MR) is 84.3 cm³/mol. The Morgan fingerprint density at radius 3 is 2.67 bits per heavy atom. The number of hydrogen-bond donors (Lipinski definition) is 2. The van der Waals surface area contributed by atoms with Gasteiger partial charge in [0.05, 0.1) is 14.8 Å². The zero-order chi connectivity index (χ0) is 15.5. The van der Waals surface area contributed by atoms with Gasteiger partial charge in [0, 0.05) is 11.8 Å². The van der Waals surface area contributed by atoms with Crippen LogP contribution in [0.15, 0.2) is 22.7 Å². The number of nitrogens with zero attached hydrogens (tertiary/aromatic N) is 1. The molecule has 0 aromatic heterocycles. The fraction of sp³-hybridized carbons (Fsp3) is 0.500. The first-order chi connectivity index (χ1) is 9.98. The molecule has 7 heteroatoms. The zero-order valence-corrected chi connectivity index (χ0v) is 13.4. The standard InChI is InChI=1S/C14H18BrN3O3/c1-2-14(5-7-16-8-6-14)13(19)17-10-3-4-12(18(20)21)11(15)9-10/h3-4,9,16H,2,5-8H2,1H3,(H,17,19). The lowest BCUT2D eigenvalue weighted by Crippen LogP contribution is -2.44. The molecule has 1 aromatic rings. The molecule has 1 fully saturated rings.